The Morgan fingerprint density at radius 1 is 1.14 bits per heavy atom. The second kappa shape index (κ2) is 2.95. The minimum absolute atomic E-state index is 1.08. The van der Waals surface area contributed by atoms with Crippen LogP contribution in [0.15, 0.2) is 36.5 Å². The molecule has 0 aliphatic heterocycles. The molecule has 0 saturated heterocycles. The lowest BCUT2D eigenvalue weighted by molar-refractivity contribution is 0.933. The molecule has 2 aromatic rings. The minimum atomic E-state index is 1.08. The summed E-state index contributed by atoms with van der Waals surface area (Å²) in [6, 6.07) is 8.44. The van der Waals surface area contributed by atoms with Crippen LogP contribution >= 0.6 is 0 Å². The second-order valence-corrected chi connectivity index (χ2v) is 3.65. The summed E-state index contributed by atoms with van der Waals surface area (Å²) in [4.78, 5) is 4.50. The zero-order valence-corrected chi connectivity index (χ0v) is 7.90. The van der Waals surface area contributed by atoms with Crippen LogP contribution < -0.4 is 0 Å². The van der Waals surface area contributed by atoms with E-state index in [1.165, 1.54) is 22.0 Å². The van der Waals surface area contributed by atoms with Gasteiger partial charge in [-0.3, -0.25) is 4.98 Å². The van der Waals surface area contributed by atoms with Crippen LogP contribution in [-0.2, 0) is 6.42 Å². The number of hydrogen-bond acceptors (Lipinski definition) is 1. The van der Waals surface area contributed by atoms with E-state index >= 15 is 0 Å². The number of hydrogen-bond donors (Lipinski definition) is 0. The van der Waals surface area contributed by atoms with Crippen LogP contribution in [-0.4, -0.2) is 4.98 Å². The molecule has 14 heavy (non-hydrogen) atoms. The highest BCUT2D eigenvalue weighted by atomic mass is 14.7. The zero-order valence-electron chi connectivity index (χ0n) is 7.90. The van der Waals surface area contributed by atoms with Crippen molar-refractivity contribution in [3.63, 3.8) is 0 Å². The van der Waals surface area contributed by atoms with E-state index in [0.717, 1.165) is 12.8 Å². The molecule has 68 valence electrons. The standard InChI is InChI=1S/C13H11N/c1-2-6-11-10(5-1)9-14-13-8-4-3-7-12(11)13/h1-3,5-7,9H,4,8H2. The quantitative estimate of drug-likeness (QED) is 0.608. The van der Waals surface area contributed by atoms with Crippen LogP contribution in [0.5, 0.6) is 0 Å². The first-order chi connectivity index (χ1) is 6.95. The Hall–Kier alpha value is -1.63. The lowest BCUT2D eigenvalue weighted by atomic mass is 9.98. The van der Waals surface area contributed by atoms with Gasteiger partial charge < -0.3 is 0 Å². The van der Waals surface area contributed by atoms with Gasteiger partial charge in [-0.25, -0.2) is 0 Å². The summed E-state index contributed by atoms with van der Waals surface area (Å²) in [7, 11) is 0. The molecular formula is C13H11N. The van der Waals surface area contributed by atoms with Crippen LogP contribution in [0.25, 0.3) is 16.8 Å². The summed E-state index contributed by atoms with van der Waals surface area (Å²) in [5.74, 6) is 0. The Kier molecular flexibility index (Phi) is 1.63. The molecule has 0 spiro atoms. The maximum absolute atomic E-state index is 4.50. The first-order valence-corrected chi connectivity index (χ1v) is 4.98. The maximum Gasteiger partial charge on any atom is 0.0485 e. The third-order valence-corrected chi connectivity index (χ3v) is 2.75. The fourth-order valence-electron chi connectivity index (χ4n) is 2.03. The number of pyridine rings is 1. The fourth-order valence-corrected chi connectivity index (χ4v) is 2.03. The van der Waals surface area contributed by atoms with Gasteiger partial charge in [0.05, 0.1) is 0 Å². The lowest BCUT2D eigenvalue weighted by Crippen LogP contribution is -1.98. The molecule has 0 unspecified atom stereocenters. The van der Waals surface area contributed by atoms with Crippen molar-refractivity contribution in [3.05, 3.63) is 47.8 Å². The van der Waals surface area contributed by atoms with Gasteiger partial charge in [-0.1, -0.05) is 36.4 Å². The van der Waals surface area contributed by atoms with E-state index in [9.17, 15) is 0 Å². The van der Waals surface area contributed by atoms with Crippen molar-refractivity contribution in [2.45, 2.75) is 12.8 Å². The molecule has 1 aliphatic rings. The van der Waals surface area contributed by atoms with Crippen molar-refractivity contribution >= 4 is 16.8 Å². The molecule has 0 bridgehead atoms. The van der Waals surface area contributed by atoms with Gasteiger partial charge in [0.2, 0.25) is 0 Å². The van der Waals surface area contributed by atoms with Gasteiger partial charge in [0.1, 0.15) is 0 Å². The van der Waals surface area contributed by atoms with Crippen molar-refractivity contribution in [3.8, 4) is 0 Å². The van der Waals surface area contributed by atoms with Crippen LogP contribution in [0.4, 0.5) is 0 Å². The van der Waals surface area contributed by atoms with Crippen LogP contribution in [0.3, 0.4) is 0 Å². The van der Waals surface area contributed by atoms with E-state index in [1.54, 1.807) is 0 Å². The Morgan fingerprint density at radius 3 is 3.07 bits per heavy atom. The first kappa shape index (κ1) is 7.74. The topological polar surface area (TPSA) is 12.9 Å². The highest BCUT2D eigenvalue weighted by Gasteiger charge is 2.08. The molecule has 3 rings (SSSR count). The van der Waals surface area contributed by atoms with Crippen LogP contribution in [0.2, 0.25) is 0 Å². The van der Waals surface area contributed by atoms with Crippen molar-refractivity contribution < 1.29 is 0 Å². The van der Waals surface area contributed by atoms with Crippen molar-refractivity contribution in [1.82, 2.24) is 4.98 Å². The normalized spacial score (nSPS) is 14.3. The molecule has 1 heterocycles. The van der Waals surface area contributed by atoms with Crippen LogP contribution in [0, 0.1) is 0 Å². The summed E-state index contributed by atoms with van der Waals surface area (Å²) >= 11 is 0. The molecule has 0 atom stereocenters. The van der Waals surface area contributed by atoms with E-state index in [-0.39, 0.29) is 0 Å². The van der Waals surface area contributed by atoms with Crippen LogP contribution in [0.1, 0.15) is 17.7 Å². The van der Waals surface area contributed by atoms with Crippen molar-refractivity contribution in [2.75, 3.05) is 0 Å². The van der Waals surface area contributed by atoms with E-state index in [2.05, 4.69) is 41.4 Å². The Balaban J connectivity index is 2.42. The zero-order chi connectivity index (χ0) is 9.38. The summed E-state index contributed by atoms with van der Waals surface area (Å²) < 4.78 is 0. The van der Waals surface area contributed by atoms with Gasteiger partial charge in [0, 0.05) is 22.8 Å². The van der Waals surface area contributed by atoms with Gasteiger partial charge in [-0.15, -0.1) is 0 Å². The predicted octanol–water partition coefficient (Wildman–Crippen LogP) is 3.19. The highest BCUT2D eigenvalue weighted by Crippen LogP contribution is 2.25. The van der Waals surface area contributed by atoms with Crippen molar-refractivity contribution in [2.24, 2.45) is 0 Å². The number of allylic oxidation sites excluding steroid dienone is 1. The highest BCUT2D eigenvalue weighted by molar-refractivity contribution is 5.91. The number of benzene rings is 1. The SMILES string of the molecule is C1=Cc2c(ncc3ccccc23)CC1. The van der Waals surface area contributed by atoms with E-state index in [1.807, 2.05) is 6.20 Å². The number of aromatic nitrogens is 1. The molecular weight excluding hydrogens is 170 g/mol. The van der Waals surface area contributed by atoms with Crippen molar-refractivity contribution in [1.29, 1.82) is 0 Å². The van der Waals surface area contributed by atoms with Gasteiger partial charge in [-0.05, 0) is 18.2 Å². The molecule has 0 saturated carbocycles. The summed E-state index contributed by atoms with van der Waals surface area (Å²) in [6.45, 7) is 0. The van der Waals surface area contributed by atoms with Gasteiger partial charge in [-0.2, -0.15) is 0 Å². The Morgan fingerprint density at radius 2 is 2.07 bits per heavy atom. The Bertz CT molecular complexity index is 512. The lowest BCUT2D eigenvalue weighted by Gasteiger charge is -2.11. The summed E-state index contributed by atoms with van der Waals surface area (Å²) in [5, 5.41) is 2.56. The smallest absolute Gasteiger partial charge is 0.0485 e. The first-order valence-electron chi connectivity index (χ1n) is 4.98. The maximum atomic E-state index is 4.50. The third kappa shape index (κ3) is 1.06. The Labute approximate surface area is 83.1 Å². The molecule has 1 aromatic carbocycles. The average Bonchev–Trinajstić information content (AvgIpc) is 2.29. The third-order valence-electron chi connectivity index (χ3n) is 2.75. The van der Waals surface area contributed by atoms with Gasteiger partial charge in [0.15, 0.2) is 0 Å². The molecule has 0 N–H and O–H groups in total. The second-order valence-electron chi connectivity index (χ2n) is 3.65. The monoisotopic (exact) mass is 181 g/mol. The van der Waals surface area contributed by atoms with E-state index in [0.29, 0.717) is 0 Å². The van der Waals surface area contributed by atoms with Gasteiger partial charge >= 0.3 is 0 Å². The number of fused-ring (bicyclic) bond motifs is 3. The van der Waals surface area contributed by atoms with E-state index in [4.69, 9.17) is 0 Å². The largest absolute Gasteiger partial charge is 0.260 e. The fraction of sp³-hybridized carbons (Fsp3) is 0.154. The van der Waals surface area contributed by atoms with Gasteiger partial charge in [0.25, 0.3) is 0 Å². The molecule has 1 aromatic heterocycles. The molecule has 0 fully saturated rings. The minimum Gasteiger partial charge on any atom is -0.260 e. The average molecular weight is 181 g/mol. The molecule has 1 nitrogen and oxygen atoms in total. The number of nitrogens with zero attached hydrogens (tertiary/aromatic N) is 1. The molecule has 0 radical (unpaired) electrons. The molecule has 1 heteroatoms. The predicted molar refractivity (Wildman–Crippen MR) is 59.1 cm³/mol. The number of aryl methyl sites for hydroxylation is 1. The molecule has 0 amide bonds. The van der Waals surface area contributed by atoms with E-state index < -0.39 is 0 Å². The summed E-state index contributed by atoms with van der Waals surface area (Å²) in [5.41, 5.74) is 2.56. The number of rotatable bonds is 0. The summed E-state index contributed by atoms with van der Waals surface area (Å²) in [6.07, 6.45) is 8.62. The molecule has 1 aliphatic carbocycles.